The maximum absolute atomic E-state index is 11.1. The number of methoxy groups -OCH3 is 1. The van der Waals surface area contributed by atoms with E-state index in [9.17, 15) is 10.1 Å². The van der Waals surface area contributed by atoms with E-state index in [1.165, 1.54) is 37.4 Å². The number of halogens is 1. The van der Waals surface area contributed by atoms with Crippen LogP contribution in [0.3, 0.4) is 0 Å². The minimum atomic E-state index is -0.617. The van der Waals surface area contributed by atoms with Gasteiger partial charge in [0.1, 0.15) is 5.02 Å². The summed E-state index contributed by atoms with van der Waals surface area (Å²) in [7, 11) is 1.41. The van der Waals surface area contributed by atoms with Crippen molar-refractivity contribution < 1.29 is 14.4 Å². The number of nitrogens with zero attached hydrogens (tertiary/aromatic N) is 2. The maximum atomic E-state index is 11.1. The van der Waals surface area contributed by atoms with Crippen molar-refractivity contribution in [1.29, 1.82) is 5.26 Å². The molecule has 0 heterocycles. The number of benzene rings is 2. The first kappa shape index (κ1) is 14.6. The summed E-state index contributed by atoms with van der Waals surface area (Å²) in [4.78, 5) is 10.4. The molecule has 7 heteroatoms. The highest BCUT2D eigenvalue weighted by atomic mass is 35.5. The number of nitriles is 1. The first-order valence-electron chi connectivity index (χ1n) is 5.75. The lowest BCUT2D eigenvalue weighted by Gasteiger charge is -2.11. The van der Waals surface area contributed by atoms with Gasteiger partial charge in [-0.05, 0) is 24.3 Å². The van der Waals surface area contributed by atoms with Gasteiger partial charge < -0.3 is 9.47 Å². The van der Waals surface area contributed by atoms with Gasteiger partial charge in [-0.1, -0.05) is 17.7 Å². The standard InChI is InChI=1S/C14H9ClN2O4/c1-20-13-7-9(8-16)5-6-11(13)21-12-4-2-3-10(15)14(12)17(18)19/h2-7H,1H3. The van der Waals surface area contributed by atoms with Crippen LogP contribution >= 0.6 is 11.6 Å². The van der Waals surface area contributed by atoms with Crippen LogP contribution in [0.5, 0.6) is 17.2 Å². The van der Waals surface area contributed by atoms with Gasteiger partial charge in [-0.2, -0.15) is 5.26 Å². The van der Waals surface area contributed by atoms with E-state index in [1.54, 1.807) is 6.07 Å². The van der Waals surface area contributed by atoms with Crippen LogP contribution in [0.1, 0.15) is 5.56 Å². The van der Waals surface area contributed by atoms with Gasteiger partial charge in [-0.25, -0.2) is 0 Å². The second kappa shape index (κ2) is 6.11. The van der Waals surface area contributed by atoms with Crippen molar-refractivity contribution in [1.82, 2.24) is 0 Å². The quantitative estimate of drug-likeness (QED) is 0.631. The molecule has 0 fully saturated rings. The van der Waals surface area contributed by atoms with E-state index in [0.29, 0.717) is 11.3 Å². The molecule has 0 aliphatic rings. The van der Waals surface area contributed by atoms with E-state index in [2.05, 4.69) is 0 Å². The highest BCUT2D eigenvalue weighted by molar-refractivity contribution is 6.32. The molecule has 0 atom stereocenters. The van der Waals surface area contributed by atoms with Crippen LogP contribution in [0.2, 0.25) is 5.02 Å². The van der Waals surface area contributed by atoms with Gasteiger partial charge in [0.25, 0.3) is 0 Å². The summed E-state index contributed by atoms with van der Waals surface area (Å²) in [6, 6.07) is 10.8. The zero-order chi connectivity index (χ0) is 15.4. The van der Waals surface area contributed by atoms with Crippen molar-refractivity contribution in [2.45, 2.75) is 0 Å². The van der Waals surface area contributed by atoms with E-state index in [0.717, 1.165) is 0 Å². The van der Waals surface area contributed by atoms with Crippen LogP contribution in [-0.4, -0.2) is 12.0 Å². The third-order valence-corrected chi connectivity index (χ3v) is 2.95. The van der Waals surface area contributed by atoms with Crippen LogP contribution < -0.4 is 9.47 Å². The van der Waals surface area contributed by atoms with Gasteiger partial charge in [0.05, 0.1) is 23.7 Å². The van der Waals surface area contributed by atoms with E-state index >= 15 is 0 Å². The van der Waals surface area contributed by atoms with Crippen LogP contribution in [0.15, 0.2) is 36.4 Å². The van der Waals surface area contributed by atoms with Gasteiger partial charge in [0.15, 0.2) is 11.5 Å². The number of ether oxygens (including phenoxy) is 2. The molecule has 0 amide bonds. The van der Waals surface area contributed by atoms with Crippen molar-refractivity contribution in [3.63, 3.8) is 0 Å². The molecule has 2 aromatic rings. The number of rotatable bonds is 4. The van der Waals surface area contributed by atoms with E-state index in [1.807, 2.05) is 6.07 Å². The van der Waals surface area contributed by atoms with Crippen molar-refractivity contribution in [2.24, 2.45) is 0 Å². The fraction of sp³-hybridized carbons (Fsp3) is 0.0714. The lowest BCUT2D eigenvalue weighted by Crippen LogP contribution is -1.96. The number of nitro groups is 1. The molecule has 0 bridgehead atoms. The largest absolute Gasteiger partial charge is 0.493 e. The molecule has 106 valence electrons. The lowest BCUT2D eigenvalue weighted by atomic mass is 10.2. The topological polar surface area (TPSA) is 85.4 Å². The Morgan fingerprint density at radius 2 is 2.00 bits per heavy atom. The highest BCUT2D eigenvalue weighted by Crippen LogP contribution is 2.39. The minimum Gasteiger partial charge on any atom is -0.493 e. The number of nitro benzene ring substituents is 1. The fourth-order valence-corrected chi connectivity index (χ4v) is 1.93. The van der Waals surface area contributed by atoms with Gasteiger partial charge >= 0.3 is 5.69 Å². The van der Waals surface area contributed by atoms with Gasteiger partial charge in [-0.3, -0.25) is 10.1 Å². The summed E-state index contributed by atoms with van der Waals surface area (Å²) in [5, 5.41) is 19.9. The molecule has 21 heavy (non-hydrogen) atoms. The Kier molecular flexibility index (Phi) is 4.26. The molecule has 2 aromatic carbocycles. The van der Waals surface area contributed by atoms with Gasteiger partial charge in [-0.15, -0.1) is 0 Å². The maximum Gasteiger partial charge on any atom is 0.329 e. The van der Waals surface area contributed by atoms with Crippen LogP contribution in [0, 0.1) is 21.4 Å². The molecule has 0 aromatic heterocycles. The summed E-state index contributed by atoms with van der Waals surface area (Å²) >= 11 is 5.82. The van der Waals surface area contributed by atoms with Crippen LogP contribution in [0.25, 0.3) is 0 Å². The summed E-state index contributed by atoms with van der Waals surface area (Å²) in [5.74, 6) is 0.542. The predicted molar refractivity (Wildman–Crippen MR) is 75.9 cm³/mol. The molecule has 0 N–H and O–H groups in total. The molecule has 0 saturated heterocycles. The monoisotopic (exact) mass is 304 g/mol. The molecule has 2 rings (SSSR count). The second-order valence-corrected chi connectivity index (χ2v) is 4.33. The Balaban J connectivity index is 2.46. The fourth-order valence-electron chi connectivity index (χ4n) is 1.70. The Hall–Kier alpha value is -2.78. The van der Waals surface area contributed by atoms with E-state index in [-0.39, 0.29) is 22.2 Å². The average molecular weight is 305 g/mol. The predicted octanol–water partition coefficient (Wildman–Crippen LogP) is 3.92. The summed E-state index contributed by atoms with van der Waals surface area (Å²) in [6.45, 7) is 0. The molecule has 0 aliphatic heterocycles. The summed E-state index contributed by atoms with van der Waals surface area (Å²) in [6.07, 6.45) is 0. The second-order valence-electron chi connectivity index (χ2n) is 3.92. The van der Waals surface area contributed by atoms with Gasteiger partial charge in [0.2, 0.25) is 5.75 Å². The molecule has 0 aliphatic carbocycles. The molecule has 0 radical (unpaired) electrons. The zero-order valence-electron chi connectivity index (χ0n) is 10.9. The molecule has 0 spiro atoms. The van der Waals surface area contributed by atoms with Gasteiger partial charge in [0, 0.05) is 6.07 Å². The van der Waals surface area contributed by atoms with Crippen molar-refractivity contribution in [3.05, 3.63) is 57.1 Å². The third kappa shape index (κ3) is 3.04. The molecular weight excluding hydrogens is 296 g/mol. The summed E-state index contributed by atoms with van der Waals surface area (Å²) in [5.41, 5.74) is 0.0605. The Morgan fingerprint density at radius 1 is 1.24 bits per heavy atom. The SMILES string of the molecule is COc1cc(C#N)ccc1Oc1cccc(Cl)c1[N+](=O)[O-]. The number of hydrogen-bond acceptors (Lipinski definition) is 5. The Morgan fingerprint density at radius 3 is 2.62 bits per heavy atom. The number of para-hydroxylation sites is 1. The smallest absolute Gasteiger partial charge is 0.329 e. The average Bonchev–Trinajstić information content (AvgIpc) is 2.47. The molecule has 6 nitrogen and oxygen atoms in total. The van der Waals surface area contributed by atoms with Crippen molar-refractivity contribution in [2.75, 3.05) is 7.11 Å². The third-order valence-electron chi connectivity index (χ3n) is 2.64. The molecule has 0 unspecified atom stereocenters. The zero-order valence-corrected chi connectivity index (χ0v) is 11.6. The van der Waals surface area contributed by atoms with Crippen LogP contribution in [0.4, 0.5) is 5.69 Å². The van der Waals surface area contributed by atoms with Crippen molar-refractivity contribution >= 4 is 17.3 Å². The Bertz CT molecular complexity index is 740. The minimum absolute atomic E-state index is 0.00416. The Labute approximate surface area is 125 Å². The number of hydrogen-bond donors (Lipinski definition) is 0. The van der Waals surface area contributed by atoms with E-state index < -0.39 is 4.92 Å². The molecular formula is C14H9ClN2O4. The normalized spacial score (nSPS) is 9.76. The highest BCUT2D eigenvalue weighted by Gasteiger charge is 2.21. The van der Waals surface area contributed by atoms with Crippen LogP contribution in [-0.2, 0) is 0 Å². The first-order chi connectivity index (χ1) is 10.1. The molecule has 0 saturated carbocycles. The lowest BCUT2D eigenvalue weighted by molar-refractivity contribution is -0.385. The van der Waals surface area contributed by atoms with Crippen molar-refractivity contribution in [3.8, 4) is 23.3 Å². The first-order valence-corrected chi connectivity index (χ1v) is 6.13. The van der Waals surface area contributed by atoms with E-state index in [4.69, 9.17) is 26.3 Å². The summed E-state index contributed by atoms with van der Waals surface area (Å²) < 4.78 is 10.6.